The number of thiazole rings is 1. The molecule has 4 aliphatic rings. The summed E-state index contributed by atoms with van der Waals surface area (Å²) in [6.45, 7) is 3.86. The number of ether oxygens (including phenoxy) is 2. The fraction of sp³-hybridized carbons (Fsp3) is 0.553. The number of pyridine rings is 1. The Balaban J connectivity index is 1.21. The van der Waals surface area contributed by atoms with Crippen molar-refractivity contribution >= 4 is 50.0 Å². The number of nitrogens with one attached hydrogen (secondary N) is 2. The average molecular weight is 804 g/mol. The molecule has 296 valence electrons. The summed E-state index contributed by atoms with van der Waals surface area (Å²) in [5.74, 6) is -2.83. The minimum atomic E-state index is -4.64. The molecule has 0 bridgehead atoms. The second-order valence-electron chi connectivity index (χ2n) is 15.4. The van der Waals surface area contributed by atoms with Crippen LogP contribution in [0.3, 0.4) is 0 Å². The van der Waals surface area contributed by atoms with E-state index in [2.05, 4.69) is 20.0 Å². The Bertz CT molecular complexity index is 2170. The molecule has 5 unspecified atom stereocenters. The molecular weight excluding hydrogens is 760 g/mol. The zero-order valence-corrected chi connectivity index (χ0v) is 32.6. The van der Waals surface area contributed by atoms with E-state index in [1.54, 1.807) is 37.9 Å². The predicted octanol–water partition coefficient (Wildman–Crippen LogP) is 5.93. The first-order valence-electron chi connectivity index (χ1n) is 18.4. The SMILES string of the molecule is COc1ccc2c(OC3CCC4C(=O)N(C)CCCCC=CC5CC5(C(=O)NS(=O)(=O)C5(C)CC5)NC(=O)C4C3)cc(-c3nc(C(F)(F)F)cs3)nc2c1C. The number of hydrogen-bond donors (Lipinski definition) is 2. The van der Waals surface area contributed by atoms with Crippen LogP contribution in [-0.4, -0.2) is 78.1 Å². The van der Waals surface area contributed by atoms with Gasteiger partial charge in [-0.2, -0.15) is 13.2 Å². The molecule has 3 aromatic rings. The third kappa shape index (κ3) is 7.53. The van der Waals surface area contributed by atoms with Gasteiger partial charge in [0.05, 0.1) is 29.4 Å². The number of aromatic nitrogens is 2. The third-order valence-corrected chi connectivity index (χ3v) is 14.6. The summed E-state index contributed by atoms with van der Waals surface area (Å²) in [5, 5.41) is 4.45. The lowest BCUT2D eigenvalue weighted by molar-refractivity contribution is -0.145. The standard InChI is InChI=1S/C38H44F3N5O7S2/c1-21-28(52-4)13-12-25-29(18-27(42-31(21)25)33-43-30(20-54-33)38(39,40)41)53-23-10-11-24-26(17-23)32(47)44-37(35(49)45-55(50,51)36(2)14-15-36)19-22(37)9-7-5-6-8-16-46(3)34(24)48/h7,9,12-13,18,20,22-24,26H,5-6,8,10-11,14-17,19H2,1-4H3,(H,44,47)(H,45,49). The number of carbonyl (C=O) groups excluding carboxylic acids is 3. The summed E-state index contributed by atoms with van der Waals surface area (Å²) in [6, 6.07) is 5.02. The van der Waals surface area contributed by atoms with Crippen molar-refractivity contribution in [3.05, 3.63) is 47.0 Å². The summed E-state index contributed by atoms with van der Waals surface area (Å²) in [4.78, 5) is 52.3. The minimum Gasteiger partial charge on any atom is -0.496 e. The lowest BCUT2D eigenvalue weighted by atomic mass is 9.76. The molecule has 0 saturated heterocycles. The molecule has 17 heteroatoms. The molecule has 0 spiro atoms. The molecule has 5 atom stereocenters. The highest BCUT2D eigenvalue weighted by Crippen LogP contribution is 2.48. The Labute approximate surface area is 321 Å². The maximum atomic E-state index is 14.4. The van der Waals surface area contributed by atoms with E-state index in [0.717, 1.165) is 29.6 Å². The number of amides is 3. The number of methoxy groups -OCH3 is 1. The van der Waals surface area contributed by atoms with E-state index < -0.39 is 67.9 Å². The Morgan fingerprint density at radius 2 is 1.87 bits per heavy atom. The first-order valence-corrected chi connectivity index (χ1v) is 20.8. The van der Waals surface area contributed by atoms with Gasteiger partial charge in [-0.05, 0) is 83.8 Å². The zero-order valence-electron chi connectivity index (χ0n) is 31.0. The smallest absolute Gasteiger partial charge is 0.434 e. The number of sulfonamides is 1. The van der Waals surface area contributed by atoms with Crippen molar-refractivity contribution in [2.24, 2.45) is 17.8 Å². The van der Waals surface area contributed by atoms with Crippen molar-refractivity contribution in [2.75, 3.05) is 20.7 Å². The van der Waals surface area contributed by atoms with Crippen LogP contribution in [0.2, 0.25) is 0 Å². The quantitative estimate of drug-likeness (QED) is 0.277. The molecule has 2 aromatic heterocycles. The molecule has 2 N–H and O–H groups in total. The predicted molar refractivity (Wildman–Crippen MR) is 199 cm³/mol. The first-order chi connectivity index (χ1) is 26.0. The normalized spacial score (nSPS) is 27.0. The maximum absolute atomic E-state index is 14.4. The largest absolute Gasteiger partial charge is 0.496 e. The lowest BCUT2D eigenvalue weighted by Gasteiger charge is -2.37. The summed E-state index contributed by atoms with van der Waals surface area (Å²) < 4.78 is 80.1. The van der Waals surface area contributed by atoms with Crippen molar-refractivity contribution in [3.63, 3.8) is 0 Å². The molecule has 3 aliphatic carbocycles. The Kier molecular flexibility index (Phi) is 10.2. The first kappa shape index (κ1) is 39.0. The van der Waals surface area contributed by atoms with E-state index in [4.69, 9.17) is 9.47 Å². The van der Waals surface area contributed by atoms with Gasteiger partial charge < -0.3 is 19.7 Å². The van der Waals surface area contributed by atoms with Crippen molar-refractivity contribution in [3.8, 4) is 22.2 Å². The second kappa shape index (κ2) is 14.4. The van der Waals surface area contributed by atoms with Crippen LogP contribution < -0.4 is 19.5 Å². The van der Waals surface area contributed by atoms with Crippen LogP contribution in [0, 0.1) is 24.7 Å². The summed E-state index contributed by atoms with van der Waals surface area (Å²) in [7, 11) is -0.782. The van der Waals surface area contributed by atoms with Crippen molar-refractivity contribution in [2.45, 2.75) is 94.2 Å². The number of aryl methyl sites for hydroxylation is 1. The number of nitrogens with zero attached hydrogens (tertiary/aromatic N) is 3. The van der Waals surface area contributed by atoms with Crippen LogP contribution in [-0.2, 0) is 30.6 Å². The fourth-order valence-electron chi connectivity index (χ4n) is 7.67. The number of carbonyl (C=O) groups is 3. The van der Waals surface area contributed by atoms with Crippen LogP contribution in [0.4, 0.5) is 13.2 Å². The number of benzene rings is 1. The van der Waals surface area contributed by atoms with E-state index in [1.807, 2.05) is 12.2 Å². The highest BCUT2D eigenvalue weighted by atomic mass is 32.2. The van der Waals surface area contributed by atoms with Crippen LogP contribution in [0.15, 0.2) is 35.7 Å². The van der Waals surface area contributed by atoms with Gasteiger partial charge in [0.2, 0.25) is 21.8 Å². The molecule has 55 heavy (non-hydrogen) atoms. The summed E-state index contributed by atoms with van der Waals surface area (Å²) >= 11 is 0.802. The topological polar surface area (TPSA) is 157 Å². The number of hydrogen-bond acceptors (Lipinski definition) is 10. The molecule has 7 rings (SSSR count). The zero-order chi connectivity index (χ0) is 39.5. The van der Waals surface area contributed by atoms with Gasteiger partial charge >= 0.3 is 6.18 Å². The summed E-state index contributed by atoms with van der Waals surface area (Å²) in [6.07, 6.45) is 2.58. The van der Waals surface area contributed by atoms with Crippen molar-refractivity contribution in [1.82, 2.24) is 24.9 Å². The van der Waals surface area contributed by atoms with Crippen molar-refractivity contribution in [1.29, 1.82) is 0 Å². The van der Waals surface area contributed by atoms with Gasteiger partial charge in [0.1, 0.15) is 27.7 Å². The molecule has 1 aromatic carbocycles. The molecule has 1 aliphatic heterocycles. The van der Waals surface area contributed by atoms with E-state index in [9.17, 15) is 36.0 Å². The molecule has 12 nitrogen and oxygen atoms in total. The van der Waals surface area contributed by atoms with Gasteiger partial charge in [0.25, 0.3) is 5.91 Å². The van der Waals surface area contributed by atoms with Gasteiger partial charge in [0, 0.05) is 47.8 Å². The number of halogens is 3. The molecule has 0 radical (unpaired) electrons. The Morgan fingerprint density at radius 1 is 1.11 bits per heavy atom. The summed E-state index contributed by atoms with van der Waals surface area (Å²) in [5.41, 5.74) is -1.30. The van der Waals surface area contributed by atoms with Crippen molar-refractivity contribution < 1.29 is 45.4 Å². The molecule has 3 amide bonds. The van der Waals surface area contributed by atoms with Gasteiger partial charge in [-0.25, -0.2) is 18.4 Å². The van der Waals surface area contributed by atoms with Crippen LogP contribution in [0.25, 0.3) is 21.6 Å². The molecule has 3 fully saturated rings. The number of fused-ring (bicyclic) bond motifs is 3. The second-order valence-corrected chi connectivity index (χ2v) is 18.5. The van der Waals surface area contributed by atoms with E-state index in [0.29, 0.717) is 60.2 Å². The third-order valence-electron chi connectivity index (χ3n) is 11.6. The number of alkyl halides is 3. The maximum Gasteiger partial charge on any atom is 0.434 e. The van der Waals surface area contributed by atoms with Gasteiger partial charge in [-0.1, -0.05) is 12.2 Å². The van der Waals surface area contributed by atoms with Gasteiger partial charge in [0.15, 0.2) is 5.69 Å². The van der Waals surface area contributed by atoms with E-state index in [-0.39, 0.29) is 35.9 Å². The van der Waals surface area contributed by atoms with E-state index in [1.165, 1.54) is 13.2 Å². The van der Waals surface area contributed by atoms with Crippen LogP contribution in [0.5, 0.6) is 11.5 Å². The number of rotatable bonds is 7. The molecule has 3 heterocycles. The minimum absolute atomic E-state index is 0.0401. The van der Waals surface area contributed by atoms with Crippen LogP contribution >= 0.6 is 11.3 Å². The van der Waals surface area contributed by atoms with E-state index >= 15 is 0 Å². The Morgan fingerprint density at radius 3 is 2.56 bits per heavy atom. The Hall–Kier alpha value is -4.25. The molecular formula is C38H44F3N5O7S2. The lowest BCUT2D eigenvalue weighted by Crippen LogP contribution is -2.56. The fourth-order valence-corrected chi connectivity index (χ4v) is 9.77. The highest BCUT2D eigenvalue weighted by Gasteiger charge is 2.63. The monoisotopic (exact) mass is 803 g/mol. The average Bonchev–Trinajstić information content (AvgIpc) is 3.99. The highest BCUT2D eigenvalue weighted by molar-refractivity contribution is 7.91. The number of allylic oxidation sites excluding steroid dienone is 1. The van der Waals surface area contributed by atoms with Gasteiger partial charge in [-0.15, -0.1) is 11.3 Å². The molecule has 3 saturated carbocycles. The van der Waals surface area contributed by atoms with Gasteiger partial charge in [-0.3, -0.25) is 19.1 Å². The van der Waals surface area contributed by atoms with Crippen LogP contribution in [0.1, 0.15) is 76.0 Å².